The molecule has 0 aliphatic heterocycles. The van der Waals surface area contributed by atoms with Crippen LogP contribution in [0.25, 0.3) is 0 Å². The van der Waals surface area contributed by atoms with Crippen molar-refractivity contribution in [1.29, 1.82) is 0 Å². The van der Waals surface area contributed by atoms with Crippen LogP contribution in [0.2, 0.25) is 0 Å². The first kappa shape index (κ1) is 10.9. The highest BCUT2D eigenvalue weighted by Gasteiger charge is 2.37. The highest BCUT2D eigenvalue weighted by molar-refractivity contribution is 5.99. The summed E-state index contributed by atoms with van der Waals surface area (Å²) in [4.78, 5) is 33.5. The first-order valence-corrected chi connectivity index (χ1v) is 4.66. The zero-order chi connectivity index (χ0) is 10.7. The van der Waals surface area contributed by atoms with E-state index in [1.165, 1.54) is 14.0 Å². The van der Waals surface area contributed by atoms with E-state index in [1.807, 2.05) is 0 Å². The molecule has 0 heterocycles. The van der Waals surface area contributed by atoms with Gasteiger partial charge in [-0.25, -0.2) is 0 Å². The molecule has 1 fully saturated rings. The average molecular weight is 198 g/mol. The Kier molecular flexibility index (Phi) is 3.38. The van der Waals surface area contributed by atoms with Crippen LogP contribution < -0.4 is 0 Å². The Morgan fingerprint density at radius 3 is 2.50 bits per heavy atom. The molecule has 1 rings (SSSR count). The number of hydrogen-bond donors (Lipinski definition) is 0. The largest absolute Gasteiger partial charge is 0.468 e. The maximum absolute atomic E-state index is 11.3. The molecule has 14 heavy (non-hydrogen) atoms. The third kappa shape index (κ3) is 2.19. The minimum absolute atomic E-state index is 0.130. The summed E-state index contributed by atoms with van der Waals surface area (Å²) in [6.45, 7) is 1.37. The van der Waals surface area contributed by atoms with Crippen LogP contribution in [0.4, 0.5) is 0 Å². The normalized spacial score (nSPS) is 23.3. The number of ether oxygens (including phenoxy) is 1. The number of carbonyl (C=O) groups excluding carboxylic acids is 3. The topological polar surface area (TPSA) is 60.4 Å². The van der Waals surface area contributed by atoms with E-state index in [-0.39, 0.29) is 17.5 Å². The molecule has 1 aliphatic rings. The molecule has 1 aliphatic carbocycles. The molecule has 78 valence electrons. The van der Waals surface area contributed by atoms with Gasteiger partial charge in [0.1, 0.15) is 17.5 Å². The van der Waals surface area contributed by atoms with Crippen molar-refractivity contribution in [2.45, 2.75) is 26.2 Å². The predicted octanol–water partition coefficient (Wildman–Crippen LogP) is 0.734. The molecule has 0 aromatic carbocycles. The van der Waals surface area contributed by atoms with Crippen molar-refractivity contribution in [3.63, 3.8) is 0 Å². The summed E-state index contributed by atoms with van der Waals surface area (Å²) in [6, 6.07) is 0. The molecular weight excluding hydrogens is 184 g/mol. The molecule has 0 N–H and O–H groups in total. The van der Waals surface area contributed by atoms with E-state index in [0.717, 1.165) is 0 Å². The van der Waals surface area contributed by atoms with Crippen LogP contribution in [0.15, 0.2) is 0 Å². The van der Waals surface area contributed by atoms with Crippen molar-refractivity contribution in [1.82, 2.24) is 0 Å². The smallest absolute Gasteiger partial charge is 0.316 e. The second kappa shape index (κ2) is 4.35. The quantitative estimate of drug-likeness (QED) is 0.495. The molecule has 0 spiro atoms. The molecule has 4 heteroatoms. The van der Waals surface area contributed by atoms with Gasteiger partial charge in [0.15, 0.2) is 0 Å². The van der Waals surface area contributed by atoms with Gasteiger partial charge in [-0.1, -0.05) is 0 Å². The van der Waals surface area contributed by atoms with Gasteiger partial charge in [0.05, 0.1) is 7.11 Å². The summed E-state index contributed by atoms with van der Waals surface area (Å²) in [5, 5.41) is 0. The number of esters is 1. The molecule has 2 atom stereocenters. The van der Waals surface area contributed by atoms with Crippen LogP contribution in [-0.2, 0) is 19.1 Å². The molecule has 0 radical (unpaired) electrons. The first-order valence-electron chi connectivity index (χ1n) is 4.66. The zero-order valence-electron chi connectivity index (χ0n) is 8.41. The van der Waals surface area contributed by atoms with Crippen molar-refractivity contribution in [2.75, 3.05) is 7.11 Å². The molecule has 0 aromatic rings. The zero-order valence-corrected chi connectivity index (χ0v) is 8.41. The Hall–Kier alpha value is -1.19. The maximum Gasteiger partial charge on any atom is 0.316 e. The Balaban J connectivity index is 2.73. The maximum atomic E-state index is 11.3. The van der Waals surface area contributed by atoms with E-state index in [1.54, 1.807) is 0 Å². The molecular formula is C10H14O4. The highest BCUT2D eigenvalue weighted by Crippen LogP contribution is 2.30. The average Bonchev–Trinajstić information content (AvgIpc) is 2.51. The van der Waals surface area contributed by atoms with E-state index >= 15 is 0 Å². The molecule has 0 saturated heterocycles. The lowest BCUT2D eigenvalue weighted by molar-refractivity contribution is -0.151. The summed E-state index contributed by atoms with van der Waals surface area (Å²) in [5.74, 6) is -1.49. The minimum atomic E-state index is -0.744. The van der Waals surface area contributed by atoms with E-state index in [2.05, 4.69) is 4.74 Å². The monoisotopic (exact) mass is 198 g/mol. The summed E-state index contributed by atoms with van der Waals surface area (Å²) in [5.41, 5.74) is 0. The summed E-state index contributed by atoms with van der Waals surface area (Å²) in [7, 11) is 1.26. The van der Waals surface area contributed by atoms with Crippen molar-refractivity contribution in [2.24, 2.45) is 11.8 Å². The summed E-state index contributed by atoms with van der Waals surface area (Å²) in [6.07, 6.45) is 1.43. The summed E-state index contributed by atoms with van der Waals surface area (Å²) < 4.78 is 4.55. The van der Waals surface area contributed by atoms with Crippen LogP contribution in [0.3, 0.4) is 0 Å². The number of hydrogen-bond acceptors (Lipinski definition) is 4. The lowest BCUT2D eigenvalue weighted by Crippen LogP contribution is -2.29. The fourth-order valence-electron chi connectivity index (χ4n) is 1.94. The Labute approximate surface area is 82.6 Å². The second-order valence-corrected chi connectivity index (χ2v) is 3.65. The van der Waals surface area contributed by atoms with Crippen molar-refractivity contribution >= 4 is 17.5 Å². The third-order valence-corrected chi connectivity index (χ3v) is 2.65. The minimum Gasteiger partial charge on any atom is -0.468 e. The molecule has 1 unspecified atom stereocenters. The molecule has 0 bridgehead atoms. The number of rotatable bonds is 3. The SMILES string of the molecule is COC(=O)C(C(C)=O)[C@H]1CCC(=O)C1. The molecule has 0 amide bonds. The van der Waals surface area contributed by atoms with Gasteiger partial charge in [0.2, 0.25) is 0 Å². The number of ketones is 2. The lowest BCUT2D eigenvalue weighted by Gasteiger charge is -2.16. The van der Waals surface area contributed by atoms with Gasteiger partial charge in [0.25, 0.3) is 0 Å². The van der Waals surface area contributed by atoms with E-state index < -0.39 is 11.9 Å². The fraction of sp³-hybridized carbons (Fsp3) is 0.700. The number of methoxy groups -OCH3 is 1. The molecule has 4 nitrogen and oxygen atoms in total. The van der Waals surface area contributed by atoms with E-state index in [0.29, 0.717) is 19.3 Å². The third-order valence-electron chi connectivity index (χ3n) is 2.65. The van der Waals surface area contributed by atoms with Crippen LogP contribution in [0, 0.1) is 11.8 Å². The van der Waals surface area contributed by atoms with Gasteiger partial charge in [-0.05, 0) is 19.3 Å². The Bertz CT molecular complexity index is 269. The van der Waals surface area contributed by atoms with E-state index in [9.17, 15) is 14.4 Å². The fourth-order valence-corrected chi connectivity index (χ4v) is 1.94. The van der Waals surface area contributed by atoms with Crippen molar-refractivity contribution in [3.05, 3.63) is 0 Å². The summed E-state index contributed by atoms with van der Waals surface area (Å²) >= 11 is 0. The van der Waals surface area contributed by atoms with Crippen LogP contribution in [0.1, 0.15) is 26.2 Å². The van der Waals surface area contributed by atoms with Gasteiger partial charge in [-0.2, -0.15) is 0 Å². The highest BCUT2D eigenvalue weighted by atomic mass is 16.5. The number of carbonyl (C=O) groups is 3. The van der Waals surface area contributed by atoms with Gasteiger partial charge in [0, 0.05) is 12.8 Å². The van der Waals surface area contributed by atoms with Crippen LogP contribution >= 0.6 is 0 Å². The van der Waals surface area contributed by atoms with Crippen molar-refractivity contribution < 1.29 is 19.1 Å². The van der Waals surface area contributed by atoms with Gasteiger partial charge < -0.3 is 4.74 Å². The second-order valence-electron chi connectivity index (χ2n) is 3.65. The van der Waals surface area contributed by atoms with Crippen LogP contribution in [0.5, 0.6) is 0 Å². The molecule has 0 aromatic heterocycles. The lowest BCUT2D eigenvalue weighted by atomic mass is 9.88. The predicted molar refractivity (Wildman–Crippen MR) is 48.5 cm³/mol. The van der Waals surface area contributed by atoms with E-state index in [4.69, 9.17) is 0 Å². The first-order chi connectivity index (χ1) is 6.56. The Morgan fingerprint density at radius 2 is 2.14 bits per heavy atom. The molecule has 1 saturated carbocycles. The van der Waals surface area contributed by atoms with Crippen LogP contribution in [-0.4, -0.2) is 24.6 Å². The van der Waals surface area contributed by atoms with Gasteiger partial charge >= 0.3 is 5.97 Å². The van der Waals surface area contributed by atoms with Gasteiger partial charge in [-0.3, -0.25) is 14.4 Å². The van der Waals surface area contributed by atoms with Gasteiger partial charge in [-0.15, -0.1) is 0 Å². The Morgan fingerprint density at radius 1 is 1.50 bits per heavy atom. The number of Topliss-reactive ketones (excluding diaryl/α,β-unsaturated/α-hetero) is 2. The van der Waals surface area contributed by atoms with Crippen molar-refractivity contribution in [3.8, 4) is 0 Å². The standard InChI is InChI=1S/C10H14O4/c1-6(11)9(10(13)14-2)7-3-4-8(12)5-7/h7,9H,3-5H2,1-2H3/t7-,9?/m0/s1.